The summed E-state index contributed by atoms with van der Waals surface area (Å²) in [5, 5.41) is 9.73. The van der Waals surface area contributed by atoms with E-state index in [0.29, 0.717) is 18.2 Å². The second-order valence-electron chi connectivity index (χ2n) is 6.33. The predicted octanol–water partition coefficient (Wildman–Crippen LogP) is 3.55. The van der Waals surface area contributed by atoms with Crippen molar-refractivity contribution in [1.29, 1.82) is 0 Å². The molecular formula is C19H20F2N2O3. The first kappa shape index (κ1) is 18.1. The molecule has 2 aromatic rings. The van der Waals surface area contributed by atoms with Crippen molar-refractivity contribution in [3.8, 4) is 17.2 Å². The zero-order valence-electron chi connectivity index (χ0n) is 14.3. The highest BCUT2D eigenvalue weighted by Gasteiger charge is 2.28. The molecule has 1 fully saturated rings. The van der Waals surface area contributed by atoms with Crippen molar-refractivity contribution in [2.45, 2.75) is 32.4 Å². The fourth-order valence-corrected chi connectivity index (χ4v) is 2.88. The molecular weight excluding hydrogens is 342 g/mol. The Balaban J connectivity index is 1.80. The zero-order valence-corrected chi connectivity index (χ0v) is 14.3. The number of amides is 1. The third kappa shape index (κ3) is 3.94. The van der Waals surface area contributed by atoms with E-state index in [1.54, 1.807) is 0 Å². The molecule has 5 nitrogen and oxygen atoms in total. The molecule has 7 heteroatoms. The van der Waals surface area contributed by atoms with E-state index in [1.165, 1.54) is 24.3 Å². The lowest BCUT2D eigenvalue weighted by Gasteiger charge is -2.20. The van der Waals surface area contributed by atoms with E-state index >= 15 is 0 Å². The highest BCUT2D eigenvalue weighted by molar-refractivity contribution is 5.95. The average Bonchev–Trinajstić information content (AvgIpc) is 3.40. The van der Waals surface area contributed by atoms with Gasteiger partial charge in [0.1, 0.15) is 11.5 Å². The van der Waals surface area contributed by atoms with Gasteiger partial charge in [0.15, 0.2) is 17.4 Å². The van der Waals surface area contributed by atoms with Crippen molar-refractivity contribution in [3.63, 3.8) is 0 Å². The molecule has 0 spiro atoms. The third-order valence-electron chi connectivity index (χ3n) is 4.37. The molecule has 0 aromatic heterocycles. The lowest BCUT2D eigenvalue weighted by molar-refractivity contribution is 0.0997. The van der Waals surface area contributed by atoms with Crippen molar-refractivity contribution in [2.75, 3.05) is 6.54 Å². The van der Waals surface area contributed by atoms with Crippen LogP contribution in [0.25, 0.3) is 0 Å². The SMILES string of the molecule is CCN(Cc1cc(F)c(Oc2ccc(C(N)=O)c(O)c2)c(F)c1)C1CC1. The van der Waals surface area contributed by atoms with Gasteiger partial charge in [-0.2, -0.15) is 0 Å². The van der Waals surface area contributed by atoms with Gasteiger partial charge in [0.2, 0.25) is 0 Å². The van der Waals surface area contributed by atoms with Crippen LogP contribution in [0.5, 0.6) is 17.2 Å². The molecule has 0 saturated heterocycles. The minimum atomic E-state index is -0.828. The van der Waals surface area contributed by atoms with Crippen LogP contribution in [0.4, 0.5) is 8.78 Å². The Morgan fingerprint density at radius 2 is 1.92 bits per heavy atom. The van der Waals surface area contributed by atoms with E-state index in [0.717, 1.165) is 25.5 Å². The highest BCUT2D eigenvalue weighted by Crippen LogP contribution is 2.33. The van der Waals surface area contributed by atoms with Gasteiger partial charge in [-0.3, -0.25) is 9.69 Å². The largest absolute Gasteiger partial charge is 0.507 e. The smallest absolute Gasteiger partial charge is 0.252 e. The Morgan fingerprint density at radius 3 is 2.42 bits per heavy atom. The first-order valence-corrected chi connectivity index (χ1v) is 8.41. The Hall–Kier alpha value is -2.67. The van der Waals surface area contributed by atoms with Crippen molar-refractivity contribution >= 4 is 5.91 Å². The maximum absolute atomic E-state index is 14.4. The summed E-state index contributed by atoms with van der Waals surface area (Å²) in [5.74, 6) is -3.46. The van der Waals surface area contributed by atoms with Gasteiger partial charge in [0.25, 0.3) is 5.91 Å². The molecule has 1 aliphatic carbocycles. The number of hydrogen-bond donors (Lipinski definition) is 2. The molecule has 0 unspecified atom stereocenters. The molecule has 2 aromatic carbocycles. The molecule has 0 bridgehead atoms. The van der Waals surface area contributed by atoms with Crippen molar-refractivity contribution < 1.29 is 23.4 Å². The van der Waals surface area contributed by atoms with Gasteiger partial charge in [-0.1, -0.05) is 6.92 Å². The lowest BCUT2D eigenvalue weighted by atomic mass is 10.1. The third-order valence-corrected chi connectivity index (χ3v) is 4.37. The van der Waals surface area contributed by atoms with Crippen LogP contribution < -0.4 is 10.5 Å². The van der Waals surface area contributed by atoms with E-state index in [2.05, 4.69) is 4.90 Å². The van der Waals surface area contributed by atoms with Gasteiger partial charge in [-0.05, 0) is 49.2 Å². The first-order chi connectivity index (χ1) is 12.4. The standard InChI is InChI=1S/C19H20F2N2O3/c1-2-23(12-3-4-12)10-11-7-15(20)18(16(21)8-11)26-13-5-6-14(19(22)25)17(24)9-13/h5-9,12,24H,2-4,10H2,1H3,(H2,22,25). The number of hydrogen-bond acceptors (Lipinski definition) is 4. The van der Waals surface area contributed by atoms with Gasteiger partial charge in [-0.15, -0.1) is 0 Å². The van der Waals surface area contributed by atoms with Crippen molar-refractivity contribution in [3.05, 3.63) is 53.1 Å². The number of primary amides is 1. The molecule has 0 atom stereocenters. The average molecular weight is 362 g/mol. The molecule has 1 saturated carbocycles. The molecule has 3 rings (SSSR count). The normalized spacial score (nSPS) is 13.8. The lowest BCUT2D eigenvalue weighted by Crippen LogP contribution is -2.25. The number of nitrogens with two attached hydrogens (primary N) is 1. The summed E-state index contributed by atoms with van der Waals surface area (Å²) in [6.07, 6.45) is 2.23. The Morgan fingerprint density at radius 1 is 1.27 bits per heavy atom. The second-order valence-corrected chi connectivity index (χ2v) is 6.33. The molecule has 0 radical (unpaired) electrons. The van der Waals surface area contributed by atoms with Crippen LogP contribution in [0.3, 0.4) is 0 Å². The number of halogens is 2. The zero-order chi connectivity index (χ0) is 18.8. The van der Waals surface area contributed by atoms with E-state index in [1.807, 2.05) is 6.92 Å². The molecule has 138 valence electrons. The number of rotatable bonds is 7. The Labute approximate surface area is 150 Å². The monoisotopic (exact) mass is 362 g/mol. The van der Waals surface area contributed by atoms with Crippen LogP contribution in [0.15, 0.2) is 30.3 Å². The van der Waals surface area contributed by atoms with Crippen LogP contribution in [0.2, 0.25) is 0 Å². The van der Waals surface area contributed by atoms with Gasteiger partial charge in [0, 0.05) is 18.7 Å². The summed E-state index contributed by atoms with van der Waals surface area (Å²) in [6, 6.07) is 6.61. The molecule has 1 amide bonds. The molecule has 1 aliphatic rings. The number of phenols is 1. The van der Waals surface area contributed by atoms with E-state index < -0.39 is 29.0 Å². The van der Waals surface area contributed by atoms with Gasteiger partial charge >= 0.3 is 0 Å². The van der Waals surface area contributed by atoms with Crippen molar-refractivity contribution in [2.24, 2.45) is 5.73 Å². The summed E-state index contributed by atoms with van der Waals surface area (Å²) in [6.45, 7) is 3.31. The summed E-state index contributed by atoms with van der Waals surface area (Å²) in [7, 11) is 0. The minimum absolute atomic E-state index is 0.00813. The summed E-state index contributed by atoms with van der Waals surface area (Å²) < 4.78 is 33.9. The second kappa shape index (κ2) is 7.29. The number of nitrogens with zero attached hydrogens (tertiary/aromatic N) is 1. The van der Waals surface area contributed by atoms with Crippen LogP contribution in [-0.2, 0) is 6.54 Å². The predicted molar refractivity (Wildman–Crippen MR) is 92.2 cm³/mol. The van der Waals surface area contributed by atoms with Crippen LogP contribution >= 0.6 is 0 Å². The Bertz CT molecular complexity index is 815. The molecule has 0 aliphatic heterocycles. The number of benzene rings is 2. The number of aromatic hydroxyl groups is 1. The van der Waals surface area contributed by atoms with E-state index in [-0.39, 0.29) is 11.3 Å². The van der Waals surface area contributed by atoms with Gasteiger partial charge < -0.3 is 15.6 Å². The fraction of sp³-hybridized carbons (Fsp3) is 0.316. The summed E-state index contributed by atoms with van der Waals surface area (Å²) >= 11 is 0. The highest BCUT2D eigenvalue weighted by atomic mass is 19.1. The number of ether oxygens (including phenoxy) is 1. The molecule has 0 heterocycles. The van der Waals surface area contributed by atoms with Crippen molar-refractivity contribution in [1.82, 2.24) is 4.90 Å². The topological polar surface area (TPSA) is 75.8 Å². The summed E-state index contributed by atoms with van der Waals surface area (Å²) in [4.78, 5) is 13.3. The van der Waals surface area contributed by atoms with Crippen LogP contribution in [0, 0.1) is 11.6 Å². The van der Waals surface area contributed by atoms with Crippen LogP contribution in [-0.4, -0.2) is 28.5 Å². The number of carbonyl (C=O) groups excluding carboxylic acids is 1. The maximum Gasteiger partial charge on any atom is 0.252 e. The minimum Gasteiger partial charge on any atom is -0.507 e. The quantitative estimate of drug-likeness (QED) is 0.790. The molecule has 26 heavy (non-hydrogen) atoms. The van der Waals surface area contributed by atoms with Crippen LogP contribution in [0.1, 0.15) is 35.7 Å². The van der Waals surface area contributed by atoms with E-state index in [9.17, 15) is 18.7 Å². The van der Waals surface area contributed by atoms with E-state index in [4.69, 9.17) is 10.5 Å². The fourth-order valence-electron chi connectivity index (χ4n) is 2.88. The van der Waals surface area contributed by atoms with Gasteiger partial charge in [0.05, 0.1) is 5.56 Å². The summed E-state index contributed by atoms with van der Waals surface area (Å²) in [5.41, 5.74) is 5.53. The number of carbonyl (C=O) groups is 1. The maximum atomic E-state index is 14.4. The Kier molecular flexibility index (Phi) is 5.08. The molecule has 3 N–H and O–H groups in total. The van der Waals surface area contributed by atoms with Gasteiger partial charge in [-0.25, -0.2) is 8.78 Å². The first-order valence-electron chi connectivity index (χ1n) is 8.41.